The number of benzene rings is 1. The second kappa shape index (κ2) is 9.55. The zero-order valence-corrected chi connectivity index (χ0v) is 17.2. The number of nitrogens with two attached hydrogens (primary N) is 1. The van der Waals surface area contributed by atoms with E-state index >= 15 is 0 Å². The molecule has 0 saturated carbocycles. The van der Waals surface area contributed by atoms with Crippen LogP contribution in [0, 0.1) is 11.6 Å². The number of hydrogen-bond donors (Lipinski definition) is 2. The van der Waals surface area contributed by atoms with Gasteiger partial charge in [0.2, 0.25) is 0 Å². The van der Waals surface area contributed by atoms with Crippen molar-refractivity contribution in [2.24, 2.45) is 5.73 Å². The Kier molecular flexibility index (Phi) is 6.84. The lowest BCUT2D eigenvalue weighted by molar-refractivity contribution is 0.129. The highest BCUT2D eigenvalue weighted by Crippen LogP contribution is 2.31. The number of ether oxygens (including phenoxy) is 1. The average Bonchev–Trinajstić information content (AvgIpc) is 3.35. The summed E-state index contributed by atoms with van der Waals surface area (Å²) in [6, 6.07) is 1.52. The van der Waals surface area contributed by atoms with Gasteiger partial charge in [-0.2, -0.15) is 0 Å². The van der Waals surface area contributed by atoms with Gasteiger partial charge in [-0.3, -0.25) is 9.91 Å². The molecule has 3 N–H and O–H groups in total. The van der Waals surface area contributed by atoms with Crippen LogP contribution >= 0.6 is 0 Å². The fourth-order valence-corrected chi connectivity index (χ4v) is 3.23. The van der Waals surface area contributed by atoms with Crippen LogP contribution in [0.3, 0.4) is 0 Å². The van der Waals surface area contributed by atoms with Gasteiger partial charge in [0.1, 0.15) is 11.8 Å². The molecule has 11 nitrogen and oxygen atoms in total. The fourth-order valence-electron chi connectivity index (χ4n) is 3.23. The molecule has 1 saturated heterocycles. The molecular weight excluding hydrogens is 414 g/mol. The number of urea groups is 1. The predicted molar refractivity (Wildman–Crippen MR) is 107 cm³/mol. The third-order valence-corrected chi connectivity index (χ3v) is 4.81. The Morgan fingerprint density at radius 2 is 2.10 bits per heavy atom. The molecule has 3 rings (SSSR count). The van der Waals surface area contributed by atoms with Crippen LogP contribution in [0.15, 0.2) is 24.5 Å². The van der Waals surface area contributed by atoms with E-state index in [0.717, 1.165) is 17.1 Å². The summed E-state index contributed by atoms with van der Waals surface area (Å²) >= 11 is 0. The lowest BCUT2D eigenvalue weighted by atomic mass is 10.2. The molecule has 168 valence electrons. The van der Waals surface area contributed by atoms with Crippen molar-refractivity contribution in [3.8, 4) is 0 Å². The van der Waals surface area contributed by atoms with E-state index in [9.17, 15) is 18.4 Å². The quantitative estimate of drug-likeness (QED) is 0.559. The van der Waals surface area contributed by atoms with Crippen molar-refractivity contribution in [3.05, 3.63) is 36.2 Å². The summed E-state index contributed by atoms with van der Waals surface area (Å²) in [7, 11) is 1.44. The maximum absolute atomic E-state index is 14.9. The summed E-state index contributed by atoms with van der Waals surface area (Å²) in [5, 5.41) is 8.58. The first-order valence-electron chi connectivity index (χ1n) is 9.63. The number of halogens is 2. The second-order valence-corrected chi connectivity index (χ2v) is 6.88. The lowest BCUT2D eigenvalue weighted by Crippen LogP contribution is -2.46. The number of aromatic nitrogens is 3. The number of amides is 3. The van der Waals surface area contributed by atoms with Crippen LogP contribution < -0.4 is 21.0 Å². The molecule has 1 aromatic carbocycles. The van der Waals surface area contributed by atoms with E-state index < -0.39 is 29.9 Å². The van der Waals surface area contributed by atoms with Crippen LogP contribution in [0.5, 0.6) is 0 Å². The molecule has 13 heteroatoms. The zero-order chi connectivity index (χ0) is 22.5. The van der Waals surface area contributed by atoms with Crippen LogP contribution in [0.4, 0.5) is 29.7 Å². The highest BCUT2D eigenvalue weighted by molar-refractivity contribution is 5.90. The monoisotopic (exact) mass is 438 g/mol. The van der Waals surface area contributed by atoms with Crippen LogP contribution in [-0.2, 0) is 11.3 Å². The van der Waals surface area contributed by atoms with Crippen molar-refractivity contribution in [2.45, 2.75) is 19.6 Å². The van der Waals surface area contributed by atoms with Gasteiger partial charge in [-0.05, 0) is 6.92 Å². The predicted octanol–water partition coefficient (Wildman–Crippen LogP) is 0.923. The van der Waals surface area contributed by atoms with E-state index in [1.807, 2.05) is 0 Å². The van der Waals surface area contributed by atoms with Gasteiger partial charge in [0, 0.05) is 45.0 Å². The first kappa shape index (κ1) is 22.2. The zero-order valence-electron chi connectivity index (χ0n) is 17.2. The fraction of sp³-hybridized carbons (Fsp3) is 0.444. The molecule has 1 fully saturated rings. The maximum atomic E-state index is 14.9. The minimum atomic E-state index is -0.812. The van der Waals surface area contributed by atoms with Gasteiger partial charge >= 0.3 is 12.1 Å². The summed E-state index contributed by atoms with van der Waals surface area (Å²) in [5.41, 5.74) is 7.69. The first-order valence-corrected chi connectivity index (χ1v) is 9.63. The number of hydrogen-bond acceptors (Lipinski definition) is 7. The summed E-state index contributed by atoms with van der Waals surface area (Å²) in [6.45, 7) is 2.92. The van der Waals surface area contributed by atoms with Gasteiger partial charge in [0.25, 0.3) is 0 Å². The number of primary amides is 1. The SMILES string of the molecule is CCN(CCNN(C)C(N)=O)c1c(F)cc(N2C[C@H](Cn3ccnn3)OC2=O)cc1F. The molecule has 3 amide bonds. The molecule has 0 unspecified atom stereocenters. The molecule has 0 aliphatic carbocycles. The molecule has 31 heavy (non-hydrogen) atoms. The van der Waals surface area contributed by atoms with Crippen LogP contribution in [-0.4, -0.2) is 71.5 Å². The number of likely N-dealkylation sites (N-methyl/N-ethyl adjacent to an activating group) is 1. The minimum absolute atomic E-state index is 0.0625. The molecule has 1 aromatic heterocycles. The summed E-state index contributed by atoms with van der Waals surface area (Å²) in [5.74, 6) is -1.62. The van der Waals surface area contributed by atoms with Gasteiger partial charge in [-0.25, -0.2) is 28.5 Å². The number of hydrazine groups is 1. The lowest BCUT2D eigenvalue weighted by Gasteiger charge is -2.26. The minimum Gasteiger partial charge on any atom is -0.442 e. The molecular formula is C18H24F2N8O3. The van der Waals surface area contributed by atoms with E-state index in [4.69, 9.17) is 10.5 Å². The number of carbonyl (C=O) groups excluding carboxylic acids is 2. The Balaban J connectivity index is 1.70. The van der Waals surface area contributed by atoms with Crippen molar-refractivity contribution in [2.75, 3.05) is 43.0 Å². The summed E-state index contributed by atoms with van der Waals surface area (Å²) in [6.07, 6.45) is 1.90. The summed E-state index contributed by atoms with van der Waals surface area (Å²) in [4.78, 5) is 25.9. The molecule has 2 heterocycles. The Hall–Kier alpha value is -3.48. The van der Waals surface area contributed by atoms with Crippen molar-refractivity contribution in [3.63, 3.8) is 0 Å². The first-order chi connectivity index (χ1) is 14.8. The number of cyclic esters (lactones) is 1. The highest BCUT2D eigenvalue weighted by atomic mass is 19.1. The molecule has 1 aliphatic heterocycles. The topological polar surface area (TPSA) is 122 Å². The molecule has 2 aromatic rings. The van der Waals surface area contributed by atoms with Crippen molar-refractivity contribution in [1.82, 2.24) is 25.4 Å². The standard InChI is InChI=1S/C18H24F2N8O3/c1-3-26(6-5-23-25(2)17(21)29)16-14(19)8-12(9-15(16)20)28-11-13(31-18(28)30)10-27-7-4-22-24-27/h4,7-9,13,23H,3,5-6,10-11H2,1-2H3,(H2,21,29)/t13-/m0/s1. The summed E-state index contributed by atoms with van der Waals surface area (Å²) < 4.78 is 36.5. The Morgan fingerprint density at radius 3 is 2.68 bits per heavy atom. The van der Waals surface area contributed by atoms with Gasteiger partial charge in [-0.15, -0.1) is 5.10 Å². The Bertz CT molecular complexity index is 904. The highest BCUT2D eigenvalue weighted by Gasteiger charge is 2.34. The number of carbonyl (C=O) groups is 2. The van der Waals surface area contributed by atoms with E-state index in [-0.39, 0.29) is 37.6 Å². The second-order valence-electron chi connectivity index (χ2n) is 6.88. The van der Waals surface area contributed by atoms with Crippen LogP contribution in [0.1, 0.15) is 6.92 Å². The van der Waals surface area contributed by atoms with Gasteiger partial charge in [-0.1, -0.05) is 5.21 Å². The van der Waals surface area contributed by atoms with E-state index in [1.54, 1.807) is 13.1 Å². The Morgan fingerprint density at radius 1 is 1.39 bits per heavy atom. The molecule has 0 bridgehead atoms. The van der Waals surface area contributed by atoms with Gasteiger partial charge < -0.3 is 15.4 Å². The van der Waals surface area contributed by atoms with E-state index in [0.29, 0.717) is 6.54 Å². The van der Waals surface area contributed by atoms with E-state index in [2.05, 4.69) is 15.7 Å². The van der Waals surface area contributed by atoms with Gasteiger partial charge in [0.05, 0.1) is 25.0 Å². The van der Waals surface area contributed by atoms with Crippen molar-refractivity contribution in [1.29, 1.82) is 0 Å². The van der Waals surface area contributed by atoms with Crippen LogP contribution in [0.2, 0.25) is 0 Å². The number of nitrogens with one attached hydrogen (secondary N) is 1. The van der Waals surface area contributed by atoms with Crippen LogP contribution in [0.25, 0.3) is 0 Å². The Labute approximate surface area is 177 Å². The molecule has 0 spiro atoms. The maximum Gasteiger partial charge on any atom is 0.414 e. The average molecular weight is 438 g/mol. The number of rotatable bonds is 9. The van der Waals surface area contributed by atoms with Crippen molar-refractivity contribution >= 4 is 23.5 Å². The largest absolute Gasteiger partial charge is 0.442 e. The molecule has 1 atom stereocenters. The molecule has 1 aliphatic rings. The molecule has 0 radical (unpaired) electrons. The van der Waals surface area contributed by atoms with Crippen molar-refractivity contribution < 1.29 is 23.1 Å². The van der Waals surface area contributed by atoms with Gasteiger partial charge in [0.15, 0.2) is 11.6 Å². The third kappa shape index (κ3) is 5.17. The third-order valence-electron chi connectivity index (χ3n) is 4.81. The van der Waals surface area contributed by atoms with E-state index in [1.165, 1.54) is 27.7 Å². The number of anilines is 2. The number of nitrogens with zero attached hydrogens (tertiary/aromatic N) is 6. The normalized spacial score (nSPS) is 15.8. The smallest absolute Gasteiger partial charge is 0.414 e.